The van der Waals surface area contributed by atoms with Crippen molar-refractivity contribution >= 4 is 38.1 Å². The van der Waals surface area contributed by atoms with Gasteiger partial charge in [0.1, 0.15) is 0 Å². The molecule has 3 heterocycles. The Morgan fingerprint density at radius 2 is 2.07 bits per heavy atom. The van der Waals surface area contributed by atoms with E-state index in [1.807, 2.05) is 13.8 Å². The average Bonchev–Trinajstić information content (AvgIpc) is 3.29. The van der Waals surface area contributed by atoms with Crippen LogP contribution in [0.5, 0.6) is 0 Å². The van der Waals surface area contributed by atoms with Crippen LogP contribution in [-0.4, -0.2) is 62.6 Å². The van der Waals surface area contributed by atoms with E-state index >= 15 is 0 Å². The van der Waals surface area contributed by atoms with Crippen molar-refractivity contribution in [2.24, 2.45) is 0 Å². The van der Waals surface area contributed by atoms with E-state index < -0.39 is 10.0 Å². The second kappa shape index (κ2) is 8.02. The molecule has 1 aromatic carbocycles. The number of aromatic nitrogens is 1. The van der Waals surface area contributed by atoms with Crippen molar-refractivity contribution in [1.29, 1.82) is 0 Å². The lowest BCUT2D eigenvalue weighted by Crippen LogP contribution is -2.49. The lowest BCUT2D eigenvalue weighted by atomic mass is 10.2. The summed E-state index contributed by atoms with van der Waals surface area (Å²) >= 11 is 1.22. The van der Waals surface area contributed by atoms with Crippen LogP contribution in [0.15, 0.2) is 34.7 Å². The molecular formula is C19H24N4O4S2. The number of nitrogens with one attached hydrogen (secondary N) is 1. The smallest absolute Gasteiger partial charge is 0.263 e. The van der Waals surface area contributed by atoms with Gasteiger partial charge in [-0.2, -0.15) is 0 Å². The molecule has 0 radical (unpaired) electrons. The third-order valence-corrected chi connectivity index (χ3v) is 7.22. The Morgan fingerprint density at radius 3 is 2.76 bits per heavy atom. The number of benzene rings is 1. The maximum Gasteiger partial charge on any atom is 0.263 e. The summed E-state index contributed by atoms with van der Waals surface area (Å²) in [6.45, 7) is 6.39. The summed E-state index contributed by atoms with van der Waals surface area (Å²) in [5, 5.41) is 2.04. The maximum absolute atomic E-state index is 12.9. The molecule has 0 spiro atoms. The van der Waals surface area contributed by atoms with Gasteiger partial charge < -0.3 is 9.64 Å². The molecule has 0 aliphatic carbocycles. The molecule has 2 aliphatic heterocycles. The number of fused-ring (bicyclic) bond motifs is 1. The van der Waals surface area contributed by atoms with Gasteiger partial charge in [-0.3, -0.25) is 14.4 Å². The number of nitrogens with zero attached hydrogens (tertiary/aromatic N) is 3. The number of amides is 1. The molecule has 10 heteroatoms. The molecule has 1 aromatic heterocycles. The highest BCUT2D eigenvalue weighted by molar-refractivity contribution is 7.93. The summed E-state index contributed by atoms with van der Waals surface area (Å²) in [5.74, 6) is 0.0292. The van der Waals surface area contributed by atoms with Crippen LogP contribution in [0.1, 0.15) is 19.4 Å². The van der Waals surface area contributed by atoms with Crippen LogP contribution in [0.25, 0.3) is 0 Å². The first kappa shape index (κ1) is 20.3. The molecule has 1 saturated heterocycles. The molecule has 29 heavy (non-hydrogen) atoms. The first-order valence-corrected chi connectivity index (χ1v) is 11.9. The van der Waals surface area contributed by atoms with E-state index in [0.717, 1.165) is 24.3 Å². The number of carbonyl (C=O) groups excluding carboxylic acids is 1. The minimum absolute atomic E-state index is 0.0292. The van der Waals surface area contributed by atoms with E-state index in [9.17, 15) is 13.2 Å². The van der Waals surface area contributed by atoms with E-state index in [2.05, 4.69) is 14.6 Å². The third kappa shape index (κ3) is 4.45. The van der Waals surface area contributed by atoms with Gasteiger partial charge in [-0.05, 0) is 44.0 Å². The van der Waals surface area contributed by atoms with E-state index in [-0.39, 0.29) is 23.0 Å². The van der Waals surface area contributed by atoms with Crippen molar-refractivity contribution in [2.45, 2.75) is 37.4 Å². The van der Waals surface area contributed by atoms with Crippen LogP contribution < -0.4 is 9.62 Å². The van der Waals surface area contributed by atoms with Crippen molar-refractivity contribution < 1.29 is 17.9 Å². The Labute approximate surface area is 174 Å². The van der Waals surface area contributed by atoms with Gasteiger partial charge in [0, 0.05) is 36.9 Å². The van der Waals surface area contributed by atoms with Crippen LogP contribution in [0, 0.1) is 0 Å². The summed E-state index contributed by atoms with van der Waals surface area (Å²) in [7, 11) is -3.71. The van der Waals surface area contributed by atoms with Gasteiger partial charge >= 0.3 is 0 Å². The molecule has 2 aromatic rings. The minimum Gasteiger partial charge on any atom is -0.373 e. The monoisotopic (exact) mass is 436 g/mol. The molecule has 1 fully saturated rings. The zero-order chi connectivity index (χ0) is 20.6. The highest BCUT2D eigenvalue weighted by atomic mass is 32.2. The summed E-state index contributed by atoms with van der Waals surface area (Å²) < 4.78 is 33.4. The highest BCUT2D eigenvalue weighted by Gasteiger charge is 2.30. The normalized spacial score (nSPS) is 22.5. The number of anilines is 2. The van der Waals surface area contributed by atoms with Crippen molar-refractivity contribution in [3.8, 4) is 0 Å². The summed E-state index contributed by atoms with van der Waals surface area (Å²) in [4.78, 5) is 20.9. The van der Waals surface area contributed by atoms with E-state index in [1.165, 1.54) is 11.3 Å². The number of hydrogen-bond acceptors (Lipinski definition) is 7. The predicted octanol–water partition coefficient (Wildman–Crippen LogP) is 1.94. The highest BCUT2D eigenvalue weighted by Crippen LogP contribution is 2.31. The molecule has 2 aliphatic rings. The Hall–Kier alpha value is -2.01. The predicted molar refractivity (Wildman–Crippen MR) is 112 cm³/mol. The van der Waals surface area contributed by atoms with Gasteiger partial charge in [0.05, 0.1) is 23.6 Å². The Morgan fingerprint density at radius 1 is 1.31 bits per heavy atom. The molecule has 0 saturated carbocycles. The first-order valence-electron chi connectivity index (χ1n) is 9.55. The summed E-state index contributed by atoms with van der Waals surface area (Å²) in [6.07, 6.45) is 2.40. The number of thiazole rings is 1. The van der Waals surface area contributed by atoms with Crippen LogP contribution in [-0.2, 0) is 26.0 Å². The SMILES string of the molecule is CC1CN(CC(=O)N2CCc3cc(S(=O)(=O)Nc4nccs4)ccc32)CC(C)O1. The topological polar surface area (TPSA) is 91.8 Å². The van der Waals surface area contributed by atoms with E-state index in [0.29, 0.717) is 24.6 Å². The molecule has 2 unspecified atom stereocenters. The fraction of sp³-hybridized carbons (Fsp3) is 0.474. The summed E-state index contributed by atoms with van der Waals surface area (Å²) in [6, 6.07) is 4.91. The quantitative estimate of drug-likeness (QED) is 0.770. The number of morpholine rings is 1. The van der Waals surface area contributed by atoms with Crippen molar-refractivity contribution in [3.63, 3.8) is 0 Å². The second-order valence-electron chi connectivity index (χ2n) is 7.48. The zero-order valence-electron chi connectivity index (χ0n) is 16.4. The molecule has 156 valence electrons. The lowest BCUT2D eigenvalue weighted by Gasteiger charge is -2.35. The molecular weight excluding hydrogens is 412 g/mol. The number of rotatable bonds is 5. The molecule has 1 N–H and O–H groups in total. The van der Waals surface area contributed by atoms with Crippen molar-refractivity contribution in [1.82, 2.24) is 9.88 Å². The number of carbonyl (C=O) groups is 1. The van der Waals surface area contributed by atoms with Gasteiger partial charge in [0.15, 0.2) is 5.13 Å². The van der Waals surface area contributed by atoms with Crippen LogP contribution in [0.2, 0.25) is 0 Å². The first-order chi connectivity index (χ1) is 13.8. The summed E-state index contributed by atoms with van der Waals surface area (Å²) in [5.41, 5.74) is 1.65. The van der Waals surface area contributed by atoms with Gasteiger partial charge in [-0.25, -0.2) is 13.4 Å². The van der Waals surface area contributed by atoms with Crippen molar-refractivity contribution in [2.75, 3.05) is 35.8 Å². The zero-order valence-corrected chi connectivity index (χ0v) is 18.0. The molecule has 1 amide bonds. The van der Waals surface area contributed by atoms with E-state index in [4.69, 9.17) is 4.74 Å². The third-order valence-electron chi connectivity index (χ3n) is 5.07. The van der Waals surface area contributed by atoms with E-state index in [1.54, 1.807) is 34.7 Å². The minimum atomic E-state index is -3.71. The largest absolute Gasteiger partial charge is 0.373 e. The Kier molecular flexibility index (Phi) is 5.60. The van der Waals surface area contributed by atoms with Crippen molar-refractivity contribution in [3.05, 3.63) is 35.3 Å². The van der Waals surface area contributed by atoms with Gasteiger partial charge in [0.2, 0.25) is 5.91 Å². The van der Waals surface area contributed by atoms with Crippen LogP contribution in [0.3, 0.4) is 0 Å². The molecule has 4 rings (SSSR count). The fourth-order valence-corrected chi connectivity index (χ4v) is 5.78. The average molecular weight is 437 g/mol. The van der Waals surface area contributed by atoms with Gasteiger partial charge in [-0.1, -0.05) is 0 Å². The second-order valence-corrected chi connectivity index (χ2v) is 10.1. The Balaban J connectivity index is 1.47. The van der Waals surface area contributed by atoms with Crippen LogP contribution in [0.4, 0.5) is 10.8 Å². The lowest BCUT2D eigenvalue weighted by molar-refractivity contribution is -0.123. The van der Waals surface area contributed by atoms with Crippen LogP contribution >= 0.6 is 11.3 Å². The number of hydrogen-bond donors (Lipinski definition) is 1. The molecule has 8 nitrogen and oxygen atoms in total. The maximum atomic E-state index is 12.9. The Bertz CT molecular complexity index is 984. The molecule has 2 atom stereocenters. The number of sulfonamides is 1. The molecule has 0 bridgehead atoms. The van der Waals surface area contributed by atoms with Gasteiger partial charge in [0.25, 0.3) is 10.0 Å². The van der Waals surface area contributed by atoms with Gasteiger partial charge in [-0.15, -0.1) is 11.3 Å². The standard InChI is InChI=1S/C19H24N4O4S2/c1-13-10-22(11-14(2)27-13)12-18(24)23-7-5-15-9-16(3-4-17(15)23)29(25,26)21-19-20-6-8-28-19/h3-4,6,8-9,13-14H,5,7,10-12H2,1-2H3,(H,20,21). The fourth-order valence-electron chi connectivity index (χ4n) is 3.94. The number of ether oxygens (including phenoxy) is 1.